The van der Waals surface area contributed by atoms with Crippen LogP contribution in [0.2, 0.25) is 0 Å². The maximum absolute atomic E-state index is 4.73. The number of hydrogen-bond acceptors (Lipinski definition) is 3. The Balaban J connectivity index is 1.56. The normalized spacial score (nSPS) is 16.8. The van der Waals surface area contributed by atoms with Gasteiger partial charge in [0.2, 0.25) is 0 Å². The van der Waals surface area contributed by atoms with Crippen molar-refractivity contribution < 1.29 is 0 Å². The number of nitrogens with one attached hydrogen (secondary N) is 1. The van der Waals surface area contributed by atoms with Gasteiger partial charge in [-0.3, -0.25) is 4.98 Å². The van der Waals surface area contributed by atoms with Gasteiger partial charge in [0.1, 0.15) is 0 Å². The van der Waals surface area contributed by atoms with Crippen molar-refractivity contribution in [1.82, 2.24) is 15.2 Å². The zero-order valence-corrected chi connectivity index (χ0v) is 11.3. The quantitative estimate of drug-likeness (QED) is 0.906. The largest absolute Gasteiger partial charge is 0.314 e. The Bertz CT molecular complexity index is 532. The molecule has 0 unspecified atom stereocenters. The number of rotatable bonds is 4. The van der Waals surface area contributed by atoms with E-state index in [1.807, 2.05) is 0 Å². The molecule has 2 aromatic rings. The third kappa shape index (κ3) is 3.31. The van der Waals surface area contributed by atoms with Gasteiger partial charge in [-0.2, -0.15) is 0 Å². The van der Waals surface area contributed by atoms with E-state index in [4.69, 9.17) is 4.98 Å². The zero-order chi connectivity index (χ0) is 12.9. The van der Waals surface area contributed by atoms with Crippen LogP contribution in [0.5, 0.6) is 0 Å². The van der Waals surface area contributed by atoms with Gasteiger partial charge in [0.25, 0.3) is 0 Å². The Hall–Kier alpha value is -1.45. The predicted octanol–water partition coefficient (Wildman–Crippen LogP) is 2.07. The van der Waals surface area contributed by atoms with Gasteiger partial charge < -0.3 is 10.2 Å². The van der Waals surface area contributed by atoms with Crippen molar-refractivity contribution in [3.05, 3.63) is 42.1 Å². The molecule has 0 aliphatic carbocycles. The van der Waals surface area contributed by atoms with Crippen LogP contribution in [0.1, 0.15) is 12.1 Å². The number of benzene rings is 1. The molecule has 100 valence electrons. The van der Waals surface area contributed by atoms with Crippen LogP contribution < -0.4 is 5.32 Å². The summed E-state index contributed by atoms with van der Waals surface area (Å²) < 4.78 is 0. The van der Waals surface area contributed by atoms with E-state index < -0.39 is 0 Å². The molecule has 2 heterocycles. The first-order chi connectivity index (χ1) is 9.42. The van der Waals surface area contributed by atoms with Crippen LogP contribution >= 0.6 is 0 Å². The molecule has 1 N–H and O–H groups in total. The molecule has 3 heteroatoms. The molecule has 1 aromatic heterocycles. The summed E-state index contributed by atoms with van der Waals surface area (Å²) in [5.41, 5.74) is 2.33. The molecule has 3 nitrogen and oxygen atoms in total. The van der Waals surface area contributed by atoms with Gasteiger partial charge in [-0.25, -0.2) is 0 Å². The van der Waals surface area contributed by atoms with E-state index in [0.29, 0.717) is 0 Å². The number of aromatic nitrogens is 1. The molecule has 0 spiro atoms. The maximum Gasteiger partial charge on any atom is 0.0705 e. The number of pyridine rings is 1. The first-order valence-corrected chi connectivity index (χ1v) is 7.19. The molecule has 0 saturated carbocycles. The van der Waals surface area contributed by atoms with Crippen LogP contribution in [-0.2, 0) is 6.42 Å². The molecular formula is C16H21N3. The van der Waals surface area contributed by atoms with Gasteiger partial charge in [-0.05, 0) is 31.5 Å². The molecule has 0 bridgehead atoms. The zero-order valence-electron chi connectivity index (χ0n) is 11.3. The molecule has 0 atom stereocenters. The first kappa shape index (κ1) is 12.6. The predicted molar refractivity (Wildman–Crippen MR) is 79.4 cm³/mol. The molecular weight excluding hydrogens is 234 g/mol. The molecule has 1 fully saturated rings. The van der Waals surface area contributed by atoms with Crippen LogP contribution in [0.25, 0.3) is 10.9 Å². The minimum atomic E-state index is 1.08. The minimum Gasteiger partial charge on any atom is -0.314 e. The fourth-order valence-electron chi connectivity index (χ4n) is 2.67. The summed E-state index contributed by atoms with van der Waals surface area (Å²) >= 11 is 0. The van der Waals surface area contributed by atoms with E-state index in [9.17, 15) is 0 Å². The van der Waals surface area contributed by atoms with Gasteiger partial charge in [-0.15, -0.1) is 0 Å². The lowest BCUT2D eigenvalue weighted by atomic mass is 10.1. The van der Waals surface area contributed by atoms with Crippen LogP contribution in [0.4, 0.5) is 0 Å². The van der Waals surface area contributed by atoms with Crippen molar-refractivity contribution >= 4 is 10.9 Å². The number of fused-ring (bicyclic) bond motifs is 1. The van der Waals surface area contributed by atoms with Crippen LogP contribution in [0, 0.1) is 0 Å². The van der Waals surface area contributed by atoms with E-state index in [2.05, 4.69) is 46.6 Å². The second kappa shape index (κ2) is 6.13. The summed E-state index contributed by atoms with van der Waals surface area (Å²) in [6.07, 6.45) is 2.28. The summed E-state index contributed by atoms with van der Waals surface area (Å²) in [6.45, 7) is 5.83. The standard InChI is InChI=1S/C16H21N3/c1-2-6-16-14(4-1)7-8-15(18-16)5-3-11-19-12-9-17-10-13-19/h1-2,4,6-8,17H,3,5,9-13H2. The summed E-state index contributed by atoms with van der Waals surface area (Å²) in [5.74, 6) is 0. The highest BCUT2D eigenvalue weighted by atomic mass is 15.2. The topological polar surface area (TPSA) is 28.2 Å². The smallest absolute Gasteiger partial charge is 0.0705 e. The number of hydrogen-bond donors (Lipinski definition) is 1. The lowest BCUT2D eigenvalue weighted by Crippen LogP contribution is -2.43. The highest BCUT2D eigenvalue weighted by Gasteiger charge is 2.08. The van der Waals surface area contributed by atoms with Crippen molar-refractivity contribution in [2.24, 2.45) is 0 Å². The molecule has 1 aliphatic rings. The van der Waals surface area contributed by atoms with Crippen molar-refractivity contribution in [3.63, 3.8) is 0 Å². The highest BCUT2D eigenvalue weighted by molar-refractivity contribution is 5.78. The summed E-state index contributed by atoms with van der Waals surface area (Å²) in [6, 6.07) is 12.7. The van der Waals surface area contributed by atoms with E-state index in [0.717, 1.165) is 25.0 Å². The Morgan fingerprint density at radius 3 is 2.79 bits per heavy atom. The number of para-hydroxylation sites is 1. The lowest BCUT2D eigenvalue weighted by molar-refractivity contribution is 0.238. The average Bonchev–Trinajstić information content (AvgIpc) is 2.48. The first-order valence-electron chi connectivity index (χ1n) is 7.19. The van der Waals surface area contributed by atoms with Crippen LogP contribution in [0.3, 0.4) is 0 Å². The van der Waals surface area contributed by atoms with Crippen molar-refractivity contribution in [3.8, 4) is 0 Å². The third-order valence-electron chi connectivity index (χ3n) is 3.77. The van der Waals surface area contributed by atoms with E-state index >= 15 is 0 Å². The Morgan fingerprint density at radius 2 is 1.89 bits per heavy atom. The fraction of sp³-hybridized carbons (Fsp3) is 0.438. The van der Waals surface area contributed by atoms with E-state index in [-0.39, 0.29) is 0 Å². The summed E-state index contributed by atoms with van der Waals surface area (Å²) in [4.78, 5) is 7.27. The Kier molecular flexibility index (Phi) is 4.06. The van der Waals surface area contributed by atoms with Crippen LogP contribution in [0.15, 0.2) is 36.4 Å². The fourth-order valence-corrected chi connectivity index (χ4v) is 2.67. The van der Waals surface area contributed by atoms with Gasteiger partial charge >= 0.3 is 0 Å². The molecule has 3 rings (SSSR count). The molecule has 0 amide bonds. The van der Waals surface area contributed by atoms with E-state index in [1.54, 1.807) is 0 Å². The van der Waals surface area contributed by atoms with Crippen molar-refractivity contribution in [1.29, 1.82) is 0 Å². The highest BCUT2D eigenvalue weighted by Crippen LogP contribution is 2.12. The molecule has 19 heavy (non-hydrogen) atoms. The minimum absolute atomic E-state index is 1.08. The number of piperazine rings is 1. The Labute approximate surface area is 114 Å². The van der Waals surface area contributed by atoms with Gasteiger partial charge in [0, 0.05) is 37.3 Å². The van der Waals surface area contributed by atoms with Crippen molar-refractivity contribution in [2.75, 3.05) is 32.7 Å². The second-order valence-corrected chi connectivity index (χ2v) is 5.19. The SMILES string of the molecule is c1ccc2nc(CCCN3CCNCC3)ccc2c1. The molecule has 1 aromatic carbocycles. The maximum atomic E-state index is 4.73. The summed E-state index contributed by atoms with van der Waals surface area (Å²) in [5, 5.41) is 4.62. The number of nitrogens with zero attached hydrogens (tertiary/aromatic N) is 2. The van der Waals surface area contributed by atoms with Crippen molar-refractivity contribution in [2.45, 2.75) is 12.8 Å². The average molecular weight is 255 g/mol. The van der Waals surface area contributed by atoms with Gasteiger partial charge in [0.15, 0.2) is 0 Å². The number of aryl methyl sites for hydroxylation is 1. The lowest BCUT2D eigenvalue weighted by Gasteiger charge is -2.26. The molecule has 0 radical (unpaired) electrons. The second-order valence-electron chi connectivity index (χ2n) is 5.19. The monoisotopic (exact) mass is 255 g/mol. The van der Waals surface area contributed by atoms with Gasteiger partial charge in [-0.1, -0.05) is 24.3 Å². The third-order valence-corrected chi connectivity index (χ3v) is 3.77. The van der Waals surface area contributed by atoms with Gasteiger partial charge in [0.05, 0.1) is 5.52 Å². The van der Waals surface area contributed by atoms with Crippen LogP contribution in [-0.4, -0.2) is 42.6 Å². The van der Waals surface area contributed by atoms with E-state index in [1.165, 1.54) is 37.1 Å². The Morgan fingerprint density at radius 1 is 1.05 bits per heavy atom. The molecule has 1 saturated heterocycles. The summed E-state index contributed by atoms with van der Waals surface area (Å²) in [7, 11) is 0. The molecule has 1 aliphatic heterocycles.